The van der Waals surface area contributed by atoms with E-state index in [9.17, 15) is 9.90 Å². The third kappa shape index (κ3) is 7.53. The van der Waals surface area contributed by atoms with Gasteiger partial charge in [0.15, 0.2) is 11.5 Å². The van der Waals surface area contributed by atoms with Gasteiger partial charge in [-0.1, -0.05) is 6.07 Å². The number of ether oxygens (including phenoxy) is 2. The van der Waals surface area contributed by atoms with Gasteiger partial charge in [0.05, 0.1) is 32.0 Å². The van der Waals surface area contributed by atoms with Crippen molar-refractivity contribution in [2.75, 3.05) is 70.2 Å². The lowest BCUT2D eigenvalue weighted by Crippen LogP contribution is -2.44. The van der Waals surface area contributed by atoms with Gasteiger partial charge in [-0.3, -0.25) is 9.88 Å². The van der Waals surface area contributed by atoms with Gasteiger partial charge in [0, 0.05) is 56.9 Å². The predicted octanol–water partition coefficient (Wildman–Crippen LogP) is 3.23. The van der Waals surface area contributed by atoms with Crippen molar-refractivity contribution in [3.63, 3.8) is 0 Å². The van der Waals surface area contributed by atoms with E-state index in [4.69, 9.17) is 9.47 Å². The smallest absolute Gasteiger partial charge is 0.413 e. The van der Waals surface area contributed by atoms with E-state index in [1.165, 1.54) is 17.4 Å². The lowest BCUT2D eigenvalue weighted by Gasteiger charge is -2.32. The van der Waals surface area contributed by atoms with Crippen LogP contribution in [-0.2, 0) is 0 Å². The van der Waals surface area contributed by atoms with Gasteiger partial charge in [0.2, 0.25) is 0 Å². The summed E-state index contributed by atoms with van der Waals surface area (Å²) in [5, 5.41) is 13.3. The zero-order valence-corrected chi connectivity index (χ0v) is 21.9. The van der Waals surface area contributed by atoms with Crippen LogP contribution < -0.4 is 19.7 Å². The average molecular weight is 522 g/mol. The van der Waals surface area contributed by atoms with E-state index >= 15 is 0 Å². The number of benzene rings is 1. The van der Waals surface area contributed by atoms with E-state index in [1.54, 1.807) is 19.4 Å². The first kappa shape index (κ1) is 27.1. The molecule has 0 radical (unpaired) electrons. The molecule has 1 amide bonds. The summed E-state index contributed by atoms with van der Waals surface area (Å²) in [5.74, 6) is 1.55. The van der Waals surface area contributed by atoms with Crippen LogP contribution in [0.3, 0.4) is 0 Å². The van der Waals surface area contributed by atoms with Crippen molar-refractivity contribution in [3.8, 4) is 11.5 Å². The second-order valence-corrected chi connectivity index (χ2v) is 9.12. The molecule has 2 aromatic heterocycles. The SMILES string of the molecule is COc1cc(NC(CN(C(=O)O)c2ccncn2)c2ccccn2)ccc1OCCCN1CCN(C)CC1. The molecular formula is C27H35N7O4. The van der Waals surface area contributed by atoms with Crippen molar-refractivity contribution in [1.82, 2.24) is 24.8 Å². The van der Waals surface area contributed by atoms with Gasteiger partial charge in [0.25, 0.3) is 0 Å². The summed E-state index contributed by atoms with van der Waals surface area (Å²) in [7, 11) is 3.76. The first-order valence-corrected chi connectivity index (χ1v) is 12.7. The van der Waals surface area contributed by atoms with Gasteiger partial charge in [-0.15, -0.1) is 0 Å². The van der Waals surface area contributed by atoms with E-state index in [0.717, 1.165) is 44.8 Å². The van der Waals surface area contributed by atoms with Gasteiger partial charge in [-0.05, 0) is 43.8 Å². The zero-order chi connectivity index (χ0) is 26.7. The van der Waals surface area contributed by atoms with Crippen LogP contribution >= 0.6 is 0 Å². The number of likely N-dealkylation sites (N-methyl/N-ethyl adjacent to an activating group) is 1. The van der Waals surface area contributed by atoms with Gasteiger partial charge >= 0.3 is 6.09 Å². The lowest BCUT2D eigenvalue weighted by molar-refractivity contribution is 0.145. The van der Waals surface area contributed by atoms with E-state index in [0.29, 0.717) is 23.8 Å². The van der Waals surface area contributed by atoms with Crippen molar-refractivity contribution in [2.24, 2.45) is 0 Å². The molecule has 0 saturated carbocycles. The Kier molecular flexibility index (Phi) is 9.65. The highest BCUT2D eigenvalue weighted by Gasteiger charge is 2.24. The van der Waals surface area contributed by atoms with Gasteiger partial charge in [-0.2, -0.15) is 0 Å². The van der Waals surface area contributed by atoms with Crippen LogP contribution in [0, 0.1) is 0 Å². The first-order chi connectivity index (χ1) is 18.5. The van der Waals surface area contributed by atoms with Crippen molar-refractivity contribution >= 4 is 17.6 Å². The maximum atomic E-state index is 12.1. The van der Waals surface area contributed by atoms with E-state index in [2.05, 4.69) is 37.1 Å². The summed E-state index contributed by atoms with van der Waals surface area (Å²) < 4.78 is 11.6. The molecule has 1 aliphatic rings. The van der Waals surface area contributed by atoms with Gasteiger partial charge in [-0.25, -0.2) is 14.8 Å². The lowest BCUT2D eigenvalue weighted by atomic mass is 10.1. The number of hydrogen-bond acceptors (Lipinski definition) is 9. The highest BCUT2D eigenvalue weighted by atomic mass is 16.5. The minimum atomic E-state index is -1.12. The Bertz CT molecular complexity index is 1140. The number of pyridine rings is 1. The molecule has 1 saturated heterocycles. The van der Waals surface area contributed by atoms with Crippen LogP contribution in [0.15, 0.2) is 61.2 Å². The van der Waals surface area contributed by atoms with Crippen LogP contribution in [0.2, 0.25) is 0 Å². The number of anilines is 2. The molecule has 11 heteroatoms. The summed E-state index contributed by atoms with van der Waals surface area (Å²) in [6, 6.07) is 12.3. The average Bonchev–Trinajstić information content (AvgIpc) is 2.95. The van der Waals surface area contributed by atoms with Crippen LogP contribution in [0.4, 0.5) is 16.3 Å². The summed E-state index contributed by atoms with van der Waals surface area (Å²) >= 11 is 0. The Morgan fingerprint density at radius 2 is 1.95 bits per heavy atom. The van der Waals surface area contributed by atoms with E-state index in [1.807, 2.05) is 36.4 Å². The maximum Gasteiger partial charge on any atom is 0.413 e. The van der Waals surface area contributed by atoms with Crippen LogP contribution in [-0.4, -0.2) is 96.0 Å². The minimum Gasteiger partial charge on any atom is -0.493 e. The number of hydrogen-bond donors (Lipinski definition) is 2. The van der Waals surface area contributed by atoms with Crippen molar-refractivity contribution in [1.29, 1.82) is 0 Å². The molecule has 1 fully saturated rings. The second-order valence-electron chi connectivity index (χ2n) is 9.12. The molecule has 0 bridgehead atoms. The number of nitrogens with zero attached hydrogens (tertiary/aromatic N) is 6. The minimum absolute atomic E-state index is 0.0796. The highest BCUT2D eigenvalue weighted by molar-refractivity contribution is 5.84. The van der Waals surface area contributed by atoms with Gasteiger partial charge < -0.3 is 29.7 Å². The molecule has 1 atom stereocenters. The Balaban J connectivity index is 1.42. The molecule has 1 aliphatic heterocycles. The molecule has 2 N–H and O–H groups in total. The first-order valence-electron chi connectivity index (χ1n) is 12.7. The zero-order valence-electron chi connectivity index (χ0n) is 21.9. The molecule has 1 aromatic carbocycles. The Morgan fingerprint density at radius 3 is 2.63 bits per heavy atom. The van der Waals surface area contributed by atoms with Crippen LogP contribution in [0.25, 0.3) is 0 Å². The topological polar surface area (TPSA) is 116 Å². The molecule has 202 valence electrons. The molecule has 11 nitrogen and oxygen atoms in total. The predicted molar refractivity (Wildman–Crippen MR) is 145 cm³/mol. The molecule has 1 unspecified atom stereocenters. The number of amides is 1. The Labute approximate surface area is 223 Å². The standard InChI is InChI=1S/C27H35N7O4/c1-32-13-15-33(16-14-32)12-5-17-38-24-8-7-21(18-25(24)37-2)31-23(22-6-3-4-10-29-22)19-34(27(35)36)26-9-11-28-20-30-26/h3-4,6-11,18,20,23,31H,5,12-17,19H2,1-2H3,(H,35,36). The Morgan fingerprint density at radius 1 is 1.11 bits per heavy atom. The Hall–Kier alpha value is -3.96. The van der Waals surface area contributed by atoms with Crippen LogP contribution in [0.5, 0.6) is 11.5 Å². The quantitative estimate of drug-likeness (QED) is 0.344. The fourth-order valence-electron chi connectivity index (χ4n) is 4.31. The van der Waals surface area contributed by atoms with E-state index < -0.39 is 12.1 Å². The van der Waals surface area contributed by atoms with E-state index in [-0.39, 0.29) is 12.4 Å². The molecule has 38 heavy (non-hydrogen) atoms. The number of piperazine rings is 1. The fraction of sp³-hybridized carbons (Fsp3) is 0.407. The molecular weight excluding hydrogens is 486 g/mol. The van der Waals surface area contributed by atoms with Gasteiger partial charge in [0.1, 0.15) is 12.1 Å². The second kappa shape index (κ2) is 13.5. The number of nitrogens with one attached hydrogen (secondary N) is 1. The number of carboxylic acid groups (broad SMARTS) is 1. The largest absolute Gasteiger partial charge is 0.493 e. The molecule has 4 rings (SSSR count). The third-order valence-electron chi connectivity index (χ3n) is 6.46. The highest BCUT2D eigenvalue weighted by Crippen LogP contribution is 2.32. The molecule has 3 heterocycles. The summed E-state index contributed by atoms with van der Waals surface area (Å²) in [6.45, 7) is 6.07. The normalized spacial score (nSPS) is 15.0. The number of carbonyl (C=O) groups is 1. The summed E-state index contributed by atoms with van der Waals surface area (Å²) in [5.41, 5.74) is 1.44. The number of aromatic nitrogens is 3. The molecule has 3 aromatic rings. The number of methoxy groups -OCH3 is 1. The monoisotopic (exact) mass is 521 g/mol. The fourth-order valence-corrected chi connectivity index (χ4v) is 4.31. The van der Waals surface area contributed by atoms with Crippen molar-refractivity contribution in [3.05, 3.63) is 66.9 Å². The third-order valence-corrected chi connectivity index (χ3v) is 6.46. The van der Waals surface area contributed by atoms with Crippen molar-refractivity contribution in [2.45, 2.75) is 12.5 Å². The molecule has 0 aliphatic carbocycles. The number of rotatable bonds is 12. The summed E-state index contributed by atoms with van der Waals surface area (Å²) in [6.07, 6.45) is 4.33. The molecule has 0 spiro atoms. The maximum absolute atomic E-state index is 12.1. The van der Waals surface area contributed by atoms with Crippen molar-refractivity contribution < 1.29 is 19.4 Å². The summed E-state index contributed by atoms with van der Waals surface area (Å²) in [4.78, 5) is 30.5. The van der Waals surface area contributed by atoms with Crippen LogP contribution in [0.1, 0.15) is 18.2 Å².